The Balaban J connectivity index is 2.60. The van der Waals surface area contributed by atoms with Crippen LogP contribution in [0.3, 0.4) is 0 Å². The highest BCUT2D eigenvalue weighted by atomic mass is 16.3. The highest BCUT2D eigenvalue weighted by molar-refractivity contribution is 5.95. The zero-order valence-corrected chi connectivity index (χ0v) is 11.3. The molecule has 1 aromatic carbocycles. The molecule has 0 spiro atoms. The maximum atomic E-state index is 11.9. The molecule has 1 aromatic rings. The van der Waals surface area contributed by atoms with E-state index >= 15 is 0 Å². The first-order valence-electron chi connectivity index (χ1n) is 6.27. The molecule has 1 amide bonds. The Hall–Kier alpha value is -1.59. The Morgan fingerprint density at radius 2 is 2.11 bits per heavy atom. The number of aryl methyl sites for hydroxylation is 1. The van der Waals surface area contributed by atoms with E-state index in [0.717, 1.165) is 0 Å². The Labute approximate surface area is 112 Å². The molecule has 0 unspecified atom stereocenters. The molecule has 0 aliphatic heterocycles. The van der Waals surface area contributed by atoms with Gasteiger partial charge in [0.25, 0.3) is 5.91 Å². The number of benzene rings is 1. The number of aliphatic hydroxyl groups excluding tert-OH is 1. The summed E-state index contributed by atoms with van der Waals surface area (Å²) >= 11 is 0. The monoisotopic (exact) mass is 267 g/mol. The number of rotatable bonds is 6. The third-order valence-corrected chi connectivity index (χ3v) is 2.96. The van der Waals surface area contributed by atoms with Crippen LogP contribution in [0, 0.1) is 6.92 Å². The first-order valence-corrected chi connectivity index (χ1v) is 6.27. The summed E-state index contributed by atoms with van der Waals surface area (Å²) in [4.78, 5) is 11.9. The van der Waals surface area contributed by atoms with Crippen molar-refractivity contribution in [2.24, 2.45) is 0 Å². The van der Waals surface area contributed by atoms with Gasteiger partial charge in [-0.1, -0.05) is 0 Å². The molecular weight excluding hydrogens is 246 g/mol. The Kier molecular flexibility index (Phi) is 5.32. The van der Waals surface area contributed by atoms with E-state index in [2.05, 4.69) is 5.32 Å². The summed E-state index contributed by atoms with van der Waals surface area (Å²) in [5.41, 5.74) is 0.103. The van der Waals surface area contributed by atoms with Crippen LogP contribution in [0.25, 0.3) is 0 Å². The van der Waals surface area contributed by atoms with Crippen molar-refractivity contribution >= 4 is 5.91 Å². The van der Waals surface area contributed by atoms with Crippen LogP contribution in [-0.4, -0.2) is 40.0 Å². The average molecular weight is 267 g/mol. The lowest BCUT2D eigenvalue weighted by Gasteiger charge is -2.23. The van der Waals surface area contributed by atoms with Crippen molar-refractivity contribution < 1.29 is 20.1 Å². The molecule has 1 rings (SSSR count). The highest BCUT2D eigenvalue weighted by Gasteiger charge is 2.21. The first-order chi connectivity index (χ1) is 8.85. The van der Waals surface area contributed by atoms with Crippen molar-refractivity contribution in [1.29, 1.82) is 0 Å². The smallest absolute Gasteiger partial charge is 0.251 e. The van der Waals surface area contributed by atoms with Gasteiger partial charge in [-0.25, -0.2) is 0 Å². The fourth-order valence-electron chi connectivity index (χ4n) is 1.82. The maximum Gasteiger partial charge on any atom is 0.251 e. The topological polar surface area (TPSA) is 89.8 Å². The van der Waals surface area contributed by atoms with Gasteiger partial charge in [-0.2, -0.15) is 0 Å². The van der Waals surface area contributed by atoms with Crippen LogP contribution in [0.4, 0.5) is 0 Å². The minimum Gasteiger partial charge on any atom is -0.508 e. The normalized spacial score (nSPS) is 13.9. The van der Waals surface area contributed by atoms with Crippen molar-refractivity contribution in [2.75, 3.05) is 13.2 Å². The molecule has 5 nitrogen and oxygen atoms in total. The third-order valence-electron chi connectivity index (χ3n) is 2.96. The van der Waals surface area contributed by atoms with Crippen LogP contribution in [0.15, 0.2) is 18.2 Å². The van der Waals surface area contributed by atoms with Gasteiger partial charge in [-0.05, 0) is 50.5 Å². The molecule has 0 aliphatic carbocycles. The first kappa shape index (κ1) is 15.5. The van der Waals surface area contributed by atoms with Crippen molar-refractivity contribution in [3.63, 3.8) is 0 Å². The molecular formula is C14H21NO4. The SMILES string of the molecule is Cc1cc(O)ccc1C(=O)NC[C@](C)(O)CCCO. The van der Waals surface area contributed by atoms with E-state index in [1.54, 1.807) is 19.9 Å². The van der Waals surface area contributed by atoms with Gasteiger partial charge in [-0.15, -0.1) is 0 Å². The number of carbonyl (C=O) groups excluding carboxylic acids is 1. The van der Waals surface area contributed by atoms with E-state index in [1.807, 2.05) is 0 Å². The lowest BCUT2D eigenvalue weighted by Crippen LogP contribution is -2.40. The summed E-state index contributed by atoms with van der Waals surface area (Å²) < 4.78 is 0. The van der Waals surface area contributed by atoms with Gasteiger partial charge < -0.3 is 20.6 Å². The Morgan fingerprint density at radius 3 is 2.68 bits per heavy atom. The fraction of sp³-hybridized carbons (Fsp3) is 0.500. The molecule has 0 radical (unpaired) electrons. The van der Waals surface area contributed by atoms with Crippen LogP contribution in [0.5, 0.6) is 5.75 Å². The minimum absolute atomic E-state index is 0.0150. The third kappa shape index (κ3) is 4.89. The lowest BCUT2D eigenvalue weighted by atomic mass is 10.00. The number of phenolic OH excluding ortho intramolecular Hbond substituents is 1. The number of aromatic hydroxyl groups is 1. The van der Waals surface area contributed by atoms with Gasteiger partial charge >= 0.3 is 0 Å². The van der Waals surface area contributed by atoms with Crippen molar-refractivity contribution in [3.05, 3.63) is 29.3 Å². The van der Waals surface area contributed by atoms with E-state index in [9.17, 15) is 15.0 Å². The second-order valence-corrected chi connectivity index (χ2v) is 5.01. The molecule has 0 saturated carbocycles. The summed E-state index contributed by atoms with van der Waals surface area (Å²) in [5, 5.41) is 30.7. The number of hydrogen-bond acceptors (Lipinski definition) is 4. The molecule has 5 heteroatoms. The highest BCUT2D eigenvalue weighted by Crippen LogP contribution is 2.16. The maximum absolute atomic E-state index is 11.9. The van der Waals surface area contributed by atoms with Crippen molar-refractivity contribution in [2.45, 2.75) is 32.3 Å². The summed E-state index contributed by atoms with van der Waals surface area (Å²) in [7, 11) is 0. The predicted molar refractivity (Wildman–Crippen MR) is 72.1 cm³/mol. The molecule has 0 bridgehead atoms. The number of aliphatic hydroxyl groups is 2. The van der Waals surface area contributed by atoms with E-state index in [-0.39, 0.29) is 24.8 Å². The molecule has 0 heterocycles. The van der Waals surface area contributed by atoms with Crippen molar-refractivity contribution in [3.8, 4) is 5.75 Å². The van der Waals surface area contributed by atoms with Gasteiger partial charge in [0.15, 0.2) is 0 Å². The van der Waals surface area contributed by atoms with Gasteiger partial charge in [0.1, 0.15) is 5.75 Å². The van der Waals surface area contributed by atoms with Crippen LogP contribution in [0.2, 0.25) is 0 Å². The predicted octanol–water partition coefficient (Wildman–Crippen LogP) is 0.954. The Bertz CT molecular complexity index is 443. The zero-order chi connectivity index (χ0) is 14.5. The minimum atomic E-state index is -1.04. The fourth-order valence-corrected chi connectivity index (χ4v) is 1.82. The van der Waals surface area contributed by atoms with Gasteiger partial charge in [-0.3, -0.25) is 4.79 Å². The van der Waals surface area contributed by atoms with Crippen LogP contribution >= 0.6 is 0 Å². The van der Waals surface area contributed by atoms with E-state index in [0.29, 0.717) is 24.0 Å². The summed E-state index contributed by atoms with van der Waals surface area (Å²) in [5.74, 6) is -0.175. The van der Waals surface area contributed by atoms with Crippen LogP contribution in [-0.2, 0) is 0 Å². The second kappa shape index (κ2) is 6.54. The summed E-state index contributed by atoms with van der Waals surface area (Å²) in [6.45, 7) is 3.48. The molecule has 0 aromatic heterocycles. The molecule has 0 fully saturated rings. The number of phenols is 1. The standard InChI is InChI=1S/C14H21NO4/c1-10-8-11(17)4-5-12(10)13(18)15-9-14(2,19)6-3-7-16/h4-5,8,16-17,19H,3,6-7,9H2,1-2H3,(H,15,18)/t14-/m1/s1. The zero-order valence-electron chi connectivity index (χ0n) is 11.3. The number of amides is 1. The number of nitrogens with one attached hydrogen (secondary N) is 1. The molecule has 0 aliphatic rings. The second-order valence-electron chi connectivity index (χ2n) is 5.01. The average Bonchev–Trinajstić information content (AvgIpc) is 2.34. The van der Waals surface area contributed by atoms with Crippen molar-refractivity contribution in [1.82, 2.24) is 5.32 Å². The van der Waals surface area contributed by atoms with Crippen LogP contribution in [0.1, 0.15) is 35.7 Å². The molecule has 106 valence electrons. The molecule has 0 saturated heterocycles. The quantitative estimate of drug-likeness (QED) is 0.618. The summed E-state index contributed by atoms with van der Waals surface area (Å²) in [6.07, 6.45) is 0.902. The van der Waals surface area contributed by atoms with Crippen LogP contribution < -0.4 is 5.32 Å². The molecule has 4 N–H and O–H groups in total. The number of carbonyl (C=O) groups is 1. The largest absolute Gasteiger partial charge is 0.508 e. The van der Waals surface area contributed by atoms with Gasteiger partial charge in [0, 0.05) is 18.7 Å². The lowest BCUT2D eigenvalue weighted by molar-refractivity contribution is 0.0415. The van der Waals surface area contributed by atoms with E-state index in [4.69, 9.17) is 5.11 Å². The number of hydrogen-bond donors (Lipinski definition) is 4. The van der Waals surface area contributed by atoms with E-state index < -0.39 is 5.60 Å². The van der Waals surface area contributed by atoms with E-state index in [1.165, 1.54) is 12.1 Å². The Morgan fingerprint density at radius 1 is 1.42 bits per heavy atom. The molecule has 1 atom stereocenters. The van der Waals surface area contributed by atoms with Gasteiger partial charge in [0.05, 0.1) is 5.60 Å². The van der Waals surface area contributed by atoms with Gasteiger partial charge in [0.2, 0.25) is 0 Å². The summed E-state index contributed by atoms with van der Waals surface area (Å²) in [6, 6.07) is 4.51. The molecule has 19 heavy (non-hydrogen) atoms.